The lowest BCUT2D eigenvalue weighted by Gasteiger charge is -2.40. The molecule has 6 rings (SSSR count). The molecule has 0 aliphatic carbocycles. The molecule has 3 aliphatic rings. The number of pyridine rings is 2. The first-order valence-electron chi connectivity index (χ1n) is 12.8. The monoisotopic (exact) mass is 484 g/mol. The Morgan fingerprint density at radius 1 is 1.03 bits per heavy atom. The fourth-order valence-corrected chi connectivity index (χ4v) is 5.63. The number of fused-ring (bicyclic) bond motifs is 3. The zero-order valence-electron chi connectivity index (χ0n) is 20.7. The predicted octanol–water partition coefficient (Wildman–Crippen LogP) is 3.79. The van der Waals surface area contributed by atoms with E-state index in [9.17, 15) is 4.79 Å². The maximum atomic E-state index is 12.6. The van der Waals surface area contributed by atoms with Crippen molar-refractivity contribution in [2.45, 2.75) is 31.8 Å². The van der Waals surface area contributed by atoms with Crippen LogP contribution in [0.3, 0.4) is 0 Å². The molecule has 1 atom stereocenters. The van der Waals surface area contributed by atoms with Gasteiger partial charge in [0.05, 0.1) is 12.8 Å². The first kappa shape index (κ1) is 22.8. The lowest BCUT2D eigenvalue weighted by atomic mass is 9.99. The molecular formula is C28H32N6O2. The lowest BCUT2D eigenvalue weighted by molar-refractivity contribution is -0.118. The fourth-order valence-electron chi connectivity index (χ4n) is 5.63. The number of rotatable bonds is 5. The van der Waals surface area contributed by atoms with E-state index >= 15 is 0 Å². The van der Waals surface area contributed by atoms with Crippen LogP contribution in [-0.4, -0.2) is 66.7 Å². The molecule has 8 nitrogen and oxygen atoms in total. The van der Waals surface area contributed by atoms with Crippen molar-refractivity contribution in [2.75, 3.05) is 55.0 Å². The Labute approximate surface area is 211 Å². The molecule has 186 valence electrons. The Hall–Kier alpha value is -3.65. The van der Waals surface area contributed by atoms with E-state index in [1.807, 2.05) is 18.3 Å². The van der Waals surface area contributed by atoms with E-state index in [2.05, 4.69) is 55.3 Å². The van der Waals surface area contributed by atoms with Gasteiger partial charge in [-0.25, -0.2) is 9.97 Å². The summed E-state index contributed by atoms with van der Waals surface area (Å²) in [6.07, 6.45) is 6.88. The van der Waals surface area contributed by atoms with Crippen LogP contribution in [0.25, 0.3) is 11.1 Å². The molecule has 5 heterocycles. The van der Waals surface area contributed by atoms with Crippen molar-refractivity contribution in [1.29, 1.82) is 0 Å². The van der Waals surface area contributed by atoms with Crippen molar-refractivity contribution < 1.29 is 9.53 Å². The third-order valence-electron chi connectivity index (χ3n) is 7.55. The summed E-state index contributed by atoms with van der Waals surface area (Å²) in [7, 11) is 1.65. The van der Waals surface area contributed by atoms with Gasteiger partial charge in [-0.15, -0.1) is 0 Å². The van der Waals surface area contributed by atoms with Gasteiger partial charge in [0.1, 0.15) is 6.04 Å². The Kier molecular flexibility index (Phi) is 6.19. The highest BCUT2D eigenvalue weighted by molar-refractivity contribution is 6.02. The normalized spacial score (nSPS) is 19.9. The van der Waals surface area contributed by atoms with E-state index in [4.69, 9.17) is 9.72 Å². The van der Waals surface area contributed by atoms with Gasteiger partial charge in [0.15, 0.2) is 5.82 Å². The summed E-state index contributed by atoms with van der Waals surface area (Å²) in [6, 6.07) is 14.7. The summed E-state index contributed by atoms with van der Waals surface area (Å²) in [5, 5.41) is 3.11. The molecule has 2 aromatic heterocycles. The van der Waals surface area contributed by atoms with Crippen LogP contribution in [0.15, 0.2) is 54.9 Å². The highest BCUT2D eigenvalue weighted by atomic mass is 16.5. The lowest BCUT2D eigenvalue weighted by Crippen LogP contribution is -2.51. The van der Waals surface area contributed by atoms with Crippen molar-refractivity contribution in [3.8, 4) is 17.0 Å². The molecule has 3 aromatic rings. The van der Waals surface area contributed by atoms with Crippen molar-refractivity contribution in [3.63, 3.8) is 0 Å². The van der Waals surface area contributed by atoms with E-state index in [-0.39, 0.29) is 11.9 Å². The van der Waals surface area contributed by atoms with Crippen LogP contribution in [0.4, 0.5) is 17.2 Å². The largest absolute Gasteiger partial charge is 0.481 e. The standard InChI is InChI=1S/C28H32N6O2/c1-36-28-23(5-4-11-29-28)21-7-9-22(10-8-21)33-15-13-32(14-16-33)19-20-17-24-26(30-18-20)34-12-3-2-6-25(34)27(35)31-24/h4-5,7-11,17-18,25H,2-3,6,12-16,19H2,1H3,(H,31,35)/t25-/m0/s1. The Morgan fingerprint density at radius 2 is 1.86 bits per heavy atom. The van der Waals surface area contributed by atoms with Crippen LogP contribution in [-0.2, 0) is 11.3 Å². The van der Waals surface area contributed by atoms with Gasteiger partial charge in [-0.05, 0) is 60.7 Å². The minimum absolute atomic E-state index is 0.0573. The SMILES string of the molecule is COc1ncccc1-c1ccc(N2CCN(Cc3cnc4c(c3)NC(=O)[C@@H]3CCCCN43)CC2)cc1. The minimum Gasteiger partial charge on any atom is -0.481 e. The van der Waals surface area contributed by atoms with Gasteiger partial charge >= 0.3 is 0 Å². The third kappa shape index (κ3) is 4.37. The summed E-state index contributed by atoms with van der Waals surface area (Å²) in [5.74, 6) is 1.69. The van der Waals surface area contributed by atoms with Gasteiger partial charge < -0.3 is 19.9 Å². The quantitative estimate of drug-likeness (QED) is 0.591. The summed E-state index contributed by atoms with van der Waals surface area (Å²) >= 11 is 0. The number of piperazine rings is 1. The van der Waals surface area contributed by atoms with Crippen LogP contribution < -0.4 is 19.9 Å². The number of hydrogen-bond donors (Lipinski definition) is 1. The number of anilines is 3. The number of hydrogen-bond acceptors (Lipinski definition) is 7. The summed E-state index contributed by atoms with van der Waals surface area (Å²) in [6.45, 7) is 5.66. The second-order valence-electron chi connectivity index (χ2n) is 9.78. The van der Waals surface area contributed by atoms with Crippen LogP contribution in [0.1, 0.15) is 24.8 Å². The maximum absolute atomic E-state index is 12.6. The fraction of sp³-hybridized carbons (Fsp3) is 0.393. The van der Waals surface area contributed by atoms with E-state index in [1.54, 1.807) is 13.3 Å². The number of nitrogens with zero attached hydrogens (tertiary/aromatic N) is 5. The van der Waals surface area contributed by atoms with Gasteiger partial charge in [-0.3, -0.25) is 9.69 Å². The summed E-state index contributed by atoms with van der Waals surface area (Å²) in [4.78, 5) is 28.8. The molecular weight excluding hydrogens is 452 g/mol. The molecule has 8 heteroatoms. The number of carbonyl (C=O) groups is 1. The number of carbonyl (C=O) groups excluding carboxylic acids is 1. The van der Waals surface area contributed by atoms with Crippen LogP contribution in [0.5, 0.6) is 5.88 Å². The molecule has 0 unspecified atom stereocenters. The second-order valence-corrected chi connectivity index (χ2v) is 9.78. The molecule has 1 N–H and O–H groups in total. The number of ether oxygens (including phenoxy) is 1. The van der Waals surface area contributed by atoms with Crippen molar-refractivity contribution >= 4 is 23.1 Å². The van der Waals surface area contributed by atoms with Crippen molar-refractivity contribution in [1.82, 2.24) is 14.9 Å². The maximum Gasteiger partial charge on any atom is 0.247 e. The van der Waals surface area contributed by atoms with E-state index < -0.39 is 0 Å². The molecule has 0 bridgehead atoms. The molecule has 36 heavy (non-hydrogen) atoms. The summed E-state index contributed by atoms with van der Waals surface area (Å²) in [5.41, 5.74) is 5.34. The molecule has 3 aliphatic heterocycles. The van der Waals surface area contributed by atoms with Gasteiger partial charge in [0.2, 0.25) is 11.8 Å². The highest BCUT2D eigenvalue weighted by Crippen LogP contribution is 2.35. The van der Waals surface area contributed by atoms with Crippen LogP contribution >= 0.6 is 0 Å². The van der Waals surface area contributed by atoms with E-state index in [1.165, 1.54) is 5.69 Å². The number of amides is 1. The van der Waals surface area contributed by atoms with E-state index in [0.717, 1.165) is 86.7 Å². The summed E-state index contributed by atoms with van der Waals surface area (Å²) < 4.78 is 5.41. The molecule has 1 amide bonds. The number of methoxy groups -OCH3 is 1. The molecule has 0 spiro atoms. The van der Waals surface area contributed by atoms with Gasteiger partial charge in [-0.1, -0.05) is 12.1 Å². The Morgan fingerprint density at radius 3 is 2.67 bits per heavy atom. The Bertz CT molecular complexity index is 1240. The predicted molar refractivity (Wildman–Crippen MR) is 142 cm³/mol. The van der Waals surface area contributed by atoms with Gasteiger partial charge in [0.25, 0.3) is 0 Å². The first-order valence-corrected chi connectivity index (χ1v) is 12.8. The van der Waals surface area contributed by atoms with Crippen LogP contribution in [0.2, 0.25) is 0 Å². The minimum atomic E-state index is -0.0573. The number of benzene rings is 1. The van der Waals surface area contributed by atoms with Gasteiger partial charge in [-0.2, -0.15) is 0 Å². The van der Waals surface area contributed by atoms with Crippen molar-refractivity contribution in [2.24, 2.45) is 0 Å². The van der Waals surface area contributed by atoms with Gasteiger partial charge in [0, 0.05) is 62.9 Å². The smallest absolute Gasteiger partial charge is 0.247 e. The molecule has 2 fully saturated rings. The Balaban J connectivity index is 1.08. The average molecular weight is 485 g/mol. The topological polar surface area (TPSA) is 73.8 Å². The number of aromatic nitrogens is 2. The zero-order valence-corrected chi connectivity index (χ0v) is 20.7. The second kappa shape index (κ2) is 9.78. The third-order valence-corrected chi connectivity index (χ3v) is 7.55. The highest BCUT2D eigenvalue weighted by Gasteiger charge is 2.35. The molecule has 2 saturated heterocycles. The molecule has 0 saturated carbocycles. The zero-order chi connectivity index (χ0) is 24.5. The van der Waals surface area contributed by atoms with Crippen molar-refractivity contribution in [3.05, 3.63) is 60.4 Å². The van der Waals surface area contributed by atoms with E-state index in [0.29, 0.717) is 5.88 Å². The number of piperidine rings is 1. The average Bonchev–Trinajstić information content (AvgIpc) is 2.94. The van der Waals surface area contributed by atoms with Crippen LogP contribution in [0, 0.1) is 0 Å². The molecule has 1 aromatic carbocycles. The molecule has 0 radical (unpaired) electrons. The number of nitrogens with one attached hydrogen (secondary N) is 1. The first-order chi connectivity index (χ1) is 17.7.